The van der Waals surface area contributed by atoms with E-state index in [2.05, 4.69) is 0 Å². The third-order valence-corrected chi connectivity index (χ3v) is 3.98. The molecule has 5 N–H and O–H groups in total. The lowest BCUT2D eigenvalue weighted by Gasteiger charge is -2.39. The van der Waals surface area contributed by atoms with E-state index in [0.29, 0.717) is 5.56 Å². The Hall–Kier alpha value is -1.88. The molecule has 0 bridgehead atoms. The van der Waals surface area contributed by atoms with E-state index >= 15 is 0 Å². The average Bonchev–Trinajstić information content (AvgIpc) is 2.66. The van der Waals surface area contributed by atoms with Crippen molar-refractivity contribution in [1.82, 2.24) is 0 Å². The van der Waals surface area contributed by atoms with Crippen LogP contribution in [0.5, 0.6) is 17.2 Å². The van der Waals surface area contributed by atoms with Gasteiger partial charge in [0, 0.05) is 0 Å². The number of hydrogen-bond donors (Lipinski definition) is 5. The molecule has 1 aromatic rings. The summed E-state index contributed by atoms with van der Waals surface area (Å²) in [5.41, 5.74) is 0.675. The third kappa shape index (κ3) is 4.26. The van der Waals surface area contributed by atoms with E-state index in [1.165, 1.54) is 20.3 Å². The first-order valence-electron chi connectivity index (χ1n) is 7.97. The zero-order valence-corrected chi connectivity index (χ0v) is 14.5. The van der Waals surface area contributed by atoms with Gasteiger partial charge in [-0.2, -0.15) is 0 Å². The minimum atomic E-state index is -1.56. The summed E-state index contributed by atoms with van der Waals surface area (Å²) in [7, 11) is 2.82. The van der Waals surface area contributed by atoms with Crippen molar-refractivity contribution >= 4 is 6.08 Å². The number of aliphatic hydroxyl groups is 5. The van der Waals surface area contributed by atoms with Crippen LogP contribution in [0.25, 0.3) is 6.08 Å². The van der Waals surface area contributed by atoms with Crippen molar-refractivity contribution in [3.05, 3.63) is 23.8 Å². The van der Waals surface area contributed by atoms with Crippen molar-refractivity contribution in [3.63, 3.8) is 0 Å². The van der Waals surface area contributed by atoms with Crippen molar-refractivity contribution in [2.75, 3.05) is 27.4 Å². The molecule has 0 radical (unpaired) electrons. The fourth-order valence-electron chi connectivity index (χ4n) is 2.58. The lowest BCUT2D eigenvalue weighted by Crippen LogP contribution is -2.60. The van der Waals surface area contributed by atoms with Crippen LogP contribution in [0.1, 0.15) is 5.56 Å². The predicted octanol–water partition coefficient (Wildman–Crippen LogP) is -1.11. The lowest BCUT2D eigenvalue weighted by atomic mass is 9.99. The first kappa shape index (κ1) is 20.4. The van der Waals surface area contributed by atoms with Gasteiger partial charge in [-0.3, -0.25) is 0 Å². The summed E-state index contributed by atoms with van der Waals surface area (Å²) < 4.78 is 21.6. The lowest BCUT2D eigenvalue weighted by molar-refractivity contribution is -0.277. The summed E-state index contributed by atoms with van der Waals surface area (Å²) >= 11 is 0. The molecule has 5 atom stereocenters. The molecule has 1 fully saturated rings. The van der Waals surface area contributed by atoms with E-state index in [9.17, 15) is 20.4 Å². The van der Waals surface area contributed by atoms with Gasteiger partial charge in [-0.15, -0.1) is 0 Å². The van der Waals surface area contributed by atoms with Crippen LogP contribution in [-0.2, 0) is 4.74 Å². The largest absolute Gasteiger partial charge is 0.493 e. The van der Waals surface area contributed by atoms with Crippen molar-refractivity contribution < 1.29 is 44.5 Å². The minimum absolute atomic E-state index is 0.112. The number of methoxy groups -OCH3 is 2. The Bertz CT molecular complexity index is 591. The second kappa shape index (κ2) is 9.17. The highest BCUT2D eigenvalue weighted by molar-refractivity contribution is 5.62. The highest BCUT2D eigenvalue weighted by Crippen LogP contribution is 2.40. The molecule has 1 aromatic carbocycles. The van der Waals surface area contributed by atoms with E-state index in [1.54, 1.807) is 18.2 Å². The Balaban J connectivity index is 2.33. The van der Waals surface area contributed by atoms with Gasteiger partial charge in [0.25, 0.3) is 0 Å². The molecule has 0 aliphatic carbocycles. The standard InChI is InChI=1S/C17H24O9/c1-23-10-6-9(4-3-5-18)7-11(24-2)16(10)26-17-15(22)14(21)13(20)12(8-19)25-17/h3-4,6-7,12-15,17-22H,5,8H2,1-2H3/t12-,13-,14+,15-,17?/m1/s1. The van der Waals surface area contributed by atoms with Crippen LogP contribution < -0.4 is 14.2 Å². The summed E-state index contributed by atoms with van der Waals surface area (Å²) in [6.45, 7) is -0.697. The summed E-state index contributed by atoms with van der Waals surface area (Å²) in [5, 5.41) is 48.0. The molecule has 0 amide bonds. The van der Waals surface area contributed by atoms with Gasteiger partial charge < -0.3 is 44.5 Å². The number of ether oxygens (including phenoxy) is 4. The fourth-order valence-corrected chi connectivity index (χ4v) is 2.58. The van der Waals surface area contributed by atoms with Gasteiger partial charge in [0.1, 0.15) is 24.4 Å². The Kier molecular flexibility index (Phi) is 7.21. The highest BCUT2D eigenvalue weighted by atomic mass is 16.7. The smallest absolute Gasteiger partial charge is 0.229 e. The summed E-state index contributed by atoms with van der Waals surface area (Å²) in [4.78, 5) is 0. The molecule has 1 heterocycles. The number of hydrogen-bond acceptors (Lipinski definition) is 9. The Morgan fingerprint density at radius 1 is 1.00 bits per heavy atom. The zero-order valence-electron chi connectivity index (χ0n) is 14.5. The van der Waals surface area contributed by atoms with E-state index in [4.69, 9.17) is 24.1 Å². The minimum Gasteiger partial charge on any atom is -0.493 e. The maximum absolute atomic E-state index is 10.1. The van der Waals surface area contributed by atoms with Crippen molar-refractivity contribution in [1.29, 1.82) is 0 Å². The average molecular weight is 372 g/mol. The van der Waals surface area contributed by atoms with E-state index in [-0.39, 0.29) is 23.9 Å². The molecule has 1 saturated heterocycles. The molecular formula is C17H24O9. The topological polar surface area (TPSA) is 138 Å². The SMILES string of the molecule is COc1cc(C=CCO)cc(OC)c1OC1O[C@H](CO)[C@@H](O)[C@H](O)[C@H]1O. The monoisotopic (exact) mass is 372 g/mol. The maximum atomic E-state index is 10.1. The molecule has 146 valence electrons. The van der Waals surface area contributed by atoms with Crippen molar-refractivity contribution in [2.24, 2.45) is 0 Å². The van der Waals surface area contributed by atoms with Gasteiger partial charge in [0.2, 0.25) is 12.0 Å². The van der Waals surface area contributed by atoms with Crippen molar-refractivity contribution in [2.45, 2.75) is 30.7 Å². The van der Waals surface area contributed by atoms with Crippen LogP contribution in [-0.4, -0.2) is 83.7 Å². The van der Waals surface area contributed by atoms with Crippen LogP contribution >= 0.6 is 0 Å². The van der Waals surface area contributed by atoms with Gasteiger partial charge >= 0.3 is 0 Å². The quantitative estimate of drug-likeness (QED) is 0.403. The van der Waals surface area contributed by atoms with Gasteiger partial charge in [-0.25, -0.2) is 0 Å². The molecule has 0 saturated carbocycles. The Morgan fingerprint density at radius 2 is 1.62 bits per heavy atom. The van der Waals surface area contributed by atoms with Crippen LogP contribution in [0.15, 0.2) is 18.2 Å². The third-order valence-electron chi connectivity index (χ3n) is 3.98. The molecule has 1 unspecified atom stereocenters. The first-order chi connectivity index (χ1) is 12.5. The second-order valence-corrected chi connectivity index (χ2v) is 5.65. The first-order valence-corrected chi connectivity index (χ1v) is 7.97. The van der Waals surface area contributed by atoms with E-state index in [1.807, 2.05) is 0 Å². The Labute approximate surface area is 150 Å². The molecule has 9 heteroatoms. The Morgan fingerprint density at radius 3 is 2.12 bits per heavy atom. The van der Waals surface area contributed by atoms with Crippen LogP contribution in [0.2, 0.25) is 0 Å². The van der Waals surface area contributed by atoms with Crippen LogP contribution in [0.4, 0.5) is 0 Å². The highest BCUT2D eigenvalue weighted by Gasteiger charge is 2.45. The molecule has 0 spiro atoms. The number of rotatable bonds is 7. The van der Waals surface area contributed by atoms with Crippen LogP contribution in [0.3, 0.4) is 0 Å². The normalized spacial score (nSPS) is 29.0. The summed E-state index contributed by atoms with van der Waals surface area (Å²) in [6.07, 6.45) is -3.88. The fraction of sp³-hybridized carbons (Fsp3) is 0.529. The summed E-state index contributed by atoms with van der Waals surface area (Å²) in [6, 6.07) is 3.24. The number of benzene rings is 1. The number of aliphatic hydroxyl groups excluding tert-OH is 5. The predicted molar refractivity (Wildman–Crippen MR) is 90.1 cm³/mol. The second-order valence-electron chi connectivity index (χ2n) is 5.65. The maximum Gasteiger partial charge on any atom is 0.229 e. The molecule has 9 nitrogen and oxygen atoms in total. The molecule has 1 aliphatic rings. The van der Waals surface area contributed by atoms with Gasteiger partial charge in [-0.1, -0.05) is 12.2 Å². The summed E-state index contributed by atoms with van der Waals surface area (Å²) in [5.74, 6) is 0.637. The van der Waals surface area contributed by atoms with Gasteiger partial charge in [-0.05, 0) is 17.7 Å². The van der Waals surface area contributed by atoms with E-state index in [0.717, 1.165) is 0 Å². The van der Waals surface area contributed by atoms with E-state index < -0.39 is 37.3 Å². The molecule has 0 aromatic heterocycles. The molecular weight excluding hydrogens is 348 g/mol. The van der Waals surface area contributed by atoms with Crippen LogP contribution in [0, 0.1) is 0 Å². The van der Waals surface area contributed by atoms with Gasteiger partial charge in [0.15, 0.2) is 11.5 Å². The molecule has 26 heavy (non-hydrogen) atoms. The van der Waals surface area contributed by atoms with Gasteiger partial charge in [0.05, 0.1) is 27.4 Å². The zero-order chi connectivity index (χ0) is 19.3. The van der Waals surface area contributed by atoms with Crippen molar-refractivity contribution in [3.8, 4) is 17.2 Å². The molecule has 2 rings (SSSR count). The molecule has 1 aliphatic heterocycles.